The number of amides is 1. The summed E-state index contributed by atoms with van der Waals surface area (Å²) in [4.78, 5) is 13.5. The summed E-state index contributed by atoms with van der Waals surface area (Å²) >= 11 is 0. The van der Waals surface area contributed by atoms with Crippen LogP contribution in [-0.2, 0) is 0 Å². The molecule has 1 atom stereocenters. The van der Waals surface area contributed by atoms with Crippen molar-refractivity contribution < 1.29 is 9.90 Å². The molecule has 0 spiro atoms. The van der Waals surface area contributed by atoms with Crippen molar-refractivity contribution in [3.05, 3.63) is 35.4 Å². The minimum atomic E-state index is -0.749. The molecule has 0 saturated carbocycles. The summed E-state index contributed by atoms with van der Waals surface area (Å²) in [5.74, 6) is -0.0424. The lowest BCUT2D eigenvalue weighted by Crippen LogP contribution is -2.28. The second kappa shape index (κ2) is 4.66. The minimum absolute atomic E-state index is 0.0424. The van der Waals surface area contributed by atoms with Gasteiger partial charge in [0.15, 0.2) is 6.23 Å². The topological polar surface area (TPSA) is 40.5 Å². The summed E-state index contributed by atoms with van der Waals surface area (Å²) in [6.07, 6.45) is 2.41. The lowest BCUT2D eigenvalue weighted by atomic mass is 10.1. The molecule has 1 amide bonds. The van der Waals surface area contributed by atoms with Crippen molar-refractivity contribution in [2.45, 2.75) is 32.4 Å². The molecule has 1 aromatic rings. The van der Waals surface area contributed by atoms with Crippen LogP contribution in [0.4, 0.5) is 0 Å². The van der Waals surface area contributed by atoms with Gasteiger partial charge in [0.05, 0.1) is 0 Å². The Balaban J connectivity index is 2.12. The molecular weight excluding hydrogens is 202 g/mol. The van der Waals surface area contributed by atoms with E-state index in [9.17, 15) is 9.90 Å². The number of carbonyl (C=O) groups is 1. The van der Waals surface area contributed by atoms with Gasteiger partial charge >= 0.3 is 0 Å². The van der Waals surface area contributed by atoms with Crippen LogP contribution in [0.25, 0.3) is 0 Å². The van der Waals surface area contributed by atoms with E-state index in [0.29, 0.717) is 12.1 Å². The highest BCUT2D eigenvalue weighted by Crippen LogP contribution is 2.31. The number of rotatable bonds is 4. The molecule has 1 heterocycles. The van der Waals surface area contributed by atoms with E-state index in [4.69, 9.17) is 0 Å². The van der Waals surface area contributed by atoms with Crippen molar-refractivity contribution in [2.75, 3.05) is 6.54 Å². The number of nitrogens with zero attached hydrogens (tertiary/aromatic N) is 1. The van der Waals surface area contributed by atoms with Crippen molar-refractivity contribution >= 4 is 5.91 Å². The van der Waals surface area contributed by atoms with E-state index in [2.05, 4.69) is 6.92 Å². The van der Waals surface area contributed by atoms with Gasteiger partial charge in [-0.25, -0.2) is 0 Å². The number of fused-ring (bicyclic) bond motifs is 1. The summed E-state index contributed by atoms with van der Waals surface area (Å²) in [5, 5.41) is 10.0. The van der Waals surface area contributed by atoms with Crippen LogP contribution in [-0.4, -0.2) is 22.5 Å². The molecule has 3 heteroatoms. The maximum absolute atomic E-state index is 12.0. The Morgan fingerprint density at radius 1 is 1.31 bits per heavy atom. The van der Waals surface area contributed by atoms with Gasteiger partial charge in [-0.15, -0.1) is 0 Å². The first-order valence-corrected chi connectivity index (χ1v) is 5.83. The Labute approximate surface area is 95.7 Å². The van der Waals surface area contributed by atoms with Crippen LogP contribution in [0.1, 0.15) is 48.3 Å². The average molecular weight is 219 g/mol. The molecule has 2 rings (SSSR count). The molecule has 0 saturated heterocycles. The van der Waals surface area contributed by atoms with Crippen LogP contribution in [0.5, 0.6) is 0 Å². The Hall–Kier alpha value is -1.35. The zero-order valence-corrected chi connectivity index (χ0v) is 9.52. The number of unbranched alkanes of at least 4 members (excludes halogenated alkanes) is 2. The molecule has 0 aromatic heterocycles. The van der Waals surface area contributed by atoms with Crippen LogP contribution >= 0.6 is 0 Å². The fourth-order valence-electron chi connectivity index (χ4n) is 2.11. The third-order valence-corrected chi connectivity index (χ3v) is 3.03. The maximum atomic E-state index is 12.0. The highest BCUT2D eigenvalue weighted by molar-refractivity contribution is 5.98. The zero-order valence-electron chi connectivity index (χ0n) is 9.52. The molecule has 1 aliphatic rings. The molecule has 1 aromatic carbocycles. The molecular formula is C13H17NO2. The lowest BCUT2D eigenvalue weighted by molar-refractivity contribution is 0.0170. The van der Waals surface area contributed by atoms with Gasteiger partial charge in [-0.1, -0.05) is 38.0 Å². The Bertz CT molecular complexity index is 389. The van der Waals surface area contributed by atoms with E-state index in [0.717, 1.165) is 24.8 Å². The SMILES string of the molecule is CCCCCN1C(=O)c2ccccc2C1O. The summed E-state index contributed by atoms with van der Waals surface area (Å²) in [6, 6.07) is 7.28. The van der Waals surface area contributed by atoms with E-state index in [1.807, 2.05) is 18.2 Å². The quantitative estimate of drug-likeness (QED) is 0.789. The van der Waals surface area contributed by atoms with Crippen LogP contribution < -0.4 is 0 Å². The molecule has 1 aliphatic heterocycles. The number of aliphatic hydroxyl groups excluding tert-OH is 1. The third-order valence-electron chi connectivity index (χ3n) is 3.03. The summed E-state index contributed by atoms with van der Waals surface area (Å²) in [7, 11) is 0. The van der Waals surface area contributed by atoms with Gasteiger partial charge in [0.2, 0.25) is 0 Å². The normalized spacial score (nSPS) is 19.0. The van der Waals surface area contributed by atoms with E-state index in [-0.39, 0.29) is 5.91 Å². The fourth-order valence-corrected chi connectivity index (χ4v) is 2.11. The van der Waals surface area contributed by atoms with E-state index in [1.54, 1.807) is 11.0 Å². The monoisotopic (exact) mass is 219 g/mol. The van der Waals surface area contributed by atoms with Crippen molar-refractivity contribution in [2.24, 2.45) is 0 Å². The van der Waals surface area contributed by atoms with Gasteiger partial charge in [-0.05, 0) is 12.5 Å². The molecule has 0 bridgehead atoms. The van der Waals surface area contributed by atoms with Crippen molar-refractivity contribution in [1.29, 1.82) is 0 Å². The van der Waals surface area contributed by atoms with Crippen molar-refractivity contribution in [3.63, 3.8) is 0 Å². The predicted molar refractivity (Wildman–Crippen MR) is 62.0 cm³/mol. The van der Waals surface area contributed by atoms with Crippen LogP contribution in [0.2, 0.25) is 0 Å². The van der Waals surface area contributed by atoms with Crippen LogP contribution in [0.3, 0.4) is 0 Å². The van der Waals surface area contributed by atoms with Crippen LogP contribution in [0.15, 0.2) is 24.3 Å². The first kappa shape index (κ1) is 11.1. The van der Waals surface area contributed by atoms with Crippen molar-refractivity contribution in [1.82, 2.24) is 4.90 Å². The molecule has 1 unspecified atom stereocenters. The van der Waals surface area contributed by atoms with Gasteiger partial charge in [-0.2, -0.15) is 0 Å². The number of benzene rings is 1. The minimum Gasteiger partial charge on any atom is -0.369 e. The highest BCUT2D eigenvalue weighted by atomic mass is 16.3. The molecule has 16 heavy (non-hydrogen) atoms. The maximum Gasteiger partial charge on any atom is 0.256 e. The lowest BCUT2D eigenvalue weighted by Gasteiger charge is -2.20. The molecule has 1 N–H and O–H groups in total. The van der Waals surface area contributed by atoms with Crippen molar-refractivity contribution in [3.8, 4) is 0 Å². The second-order valence-electron chi connectivity index (χ2n) is 4.17. The first-order valence-electron chi connectivity index (χ1n) is 5.83. The Morgan fingerprint density at radius 3 is 2.75 bits per heavy atom. The third kappa shape index (κ3) is 1.83. The van der Waals surface area contributed by atoms with Gasteiger partial charge in [0.25, 0.3) is 5.91 Å². The second-order valence-corrected chi connectivity index (χ2v) is 4.17. The molecule has 3 nitrogen and oxygen atoms in total. The number of hydrogen-bond acceptors (Lipinski definition) is 2. The Morgan fingerprint density at radius 2 is 2.06 bits per heavy atom. The number of carbonyl (C=O) groups excluding carboxylic acids is 1. The average Bonchev–Trinajstić information content (AvgIpc) is 2.55. The number of hydrogen-bond donors (Lipinski definition) is 1. The van der Waals surface area contributed by atoms with E-state index < -0.39 is 6.23 Å². The van der Waals surface area contributed by atoms with Gasteiger partial charge in [-0.3, -0.25) is 4.79 Å². The van der Waals surface area contributed by atoms with Crippen LogP contribution in [0, 0.1) is 0 Å². The molecule has 86 valence electrons. The van der Waals surface area contributed by atoms with E-state index >= 15 is 0 Å². The largest absolute Gasteiger partial charge is 0.369 e. The molecule has 0 radical (unpaired) electrons. The summed E-state index contributed by atoms with van der Waals surface area (Å²) in [5.41, 5.74) is 1.38. The Kier molecular flexibility index (Phi) is 3.25. The van der Waals surface area contributed by atoms with Gasteiger partial charge in [0.1, 0.15) is 0 Å². The smallest absolute Gasteiger partial charge is 0.256 e. The summed E-state index contributed by atoms with van der Waals surface area (Å²) in [6.45, 7) is 2.76. The zero-order chi connectivity index (χ0) is 11.5. The summed E-state index contributed by atoms with van der Waals surface area (Å²) < 4.78 is 0. The fraction of sp³-hybridized carbons (Fsp3) is 0.462. The molecule has 0 aliphatic carbocycles. The highest BCUT2D eigenvalue weighted by Gasteiger charge is 2.34. The van der Waals surface area contributed by atoms with Gasteiger partial charge in [0, 0.05) is 17.7 Å². The standard InChI is InChI=1S/C13H17NO2/c1-2-3-6-9-14-12(15)10-7-4-5-8-11(10)13(14)16/h4-5,7-8,12,15H,2-3,6,9H2,1H3. The predicted octanol–water partition coefficient (Wildman–Crippen LogP) is 2.32. The van der Waals surface area contributed by atoms with E-state index in [1.165, 1.54) is 0 Å². The number of aliphatic hydroxyl groups is 1. The van der Waals surface area contributed by atoms with Gasteiger partial charge < -0.3 is 10.0 Å². The molecule has 0 fully saturated rings. The first-order chi connectivity index (χ1) is 7.75.